The molecule has 0 aromatic carbocycles. The number of nitrogens with zero attached hydrogens (tertiary/aromatic N) is 3. The molecule has 0 atom stereocenters. The van der Waals surface area contributed by atoms with Gasteiger partial charge in [0.15, 0.2) is 5.16 Å². The predicted octanol–water partition coefficient (Wildman–Crippen LogP) is 1.02. The van der Waals surface area contributed by atoms with Crippen molar-refractivity contribution < 1.29 is 0 Å². The third kappa shape index (κ3) is 1.24. The SMILES string of the molecule is CCn1cnnc1SC. The first-order valence-electron chi connectivity index (χ1n) is 2.80. The molecule has 0 bridgehead atoms. The molecule has 0 saturated carbocycles. The van der Waals surface area contributed by atoms with E-state index in [4.69, 9.17) is 0 Å². The molecule has 0 unspecified atom stereocenters. The molecule has 0 aliphatic carbocycles. The number of hydrogen-bond acceptors (Lipinski definition) is 3. The van der Waals surface area contributed by atoms with Gasteiger partial charge < -0.3 is 4.57 Å². The summed E-state index contributed by atoms with van der Waals surface area (Å²) < 4.78 is 2.00. The van der Waals surface area contributed by atoms with Gasteiger partial charge in [-0.25, -0.2) is 0 Å². The third-order valence-corrected chi connectivity index (χ3v) is 1.78. The number of rotatable bonds is 2. The zero-order valence-electron chi connectivity index (χ0n) is 5.53. The second-order valence-electron chi connectivity index (χ2n) is 1.60. The minimum Gasteiger partial charge on any atom is -0.309 e. The maximum atomic E-state index is 3.88. The van der Waals surface area contributed by atoms with E-state index in [9.17, 15) is 0 Å². The first kappa shape index (κ1) is 6.61. The van der Waals surface area contributed by atoms with Crippen molar-refractivity contribution in [1.29, 1.82) is 0 Å². The molecule has 0 N–H and O–H groups in total. The molecule has 4 heteroatoms. The van der Waals surface area contributed by atoms with Gasteiger partial charge in [-0.3, -0.25) is 0 Å². The van der Waals surface area contributed by atoms with Crippen LogP contribution in [0, 0.1) is 0 Å². The van der Waals surface area contributed by atoms with Crippen molar-refractivity contribution in [1.82, 2.24) is 14.8 Å². The molecule has 1 aromatic rings. The average Bonchev–Trinajstić information content (AvgIpc) is 2.33. The fourth-order valence-electron chi connectivity index (χ4n) is 0.619. The molecule has 9 heavy (non-hydrogen) atoms. The predicted molar refractivity (Wildman–Crippen MR) is 37.5 cm³/mol. The molecule has 0 aliphatic heterocycles. The highest BCUT2D eigenvalue weighted by molar-refractivity contribution is 7.98. The van der Waals surface area contributed by atoms with Crippen LogP contribution < -0.4 is 0 Å². The minimum absolute atomic E-state index is 0.948. The van der Waals surface area contributed by atoms with E-state index in [1.54, 1.807) is 18.1 Å². The fraction of sp³-hybridized carbons (Fsp3) is 0.600. The third-order valence-electron chi connectivity index (χ3n) is 1.10. The highest BCUT2D eigenvalue weighted by Crippen LogP contribution is 2.08. The normalized spacial score (nSPS) is 10.0. The number of aryl methyl sites for hydroxylation is 1. The molecule has 0 saturated heterocycles. The van der Waals surface area contributed by atoms with Crippen molar-refractivity contribution in [3.05, 3.63) is 6.33 Å². The molecular weight excluding hydrogens is 134 g/mol. The summed E-state index contributed by atoms with van der Waals surface area (Å²) in [6.07, 6.45) is 3.74. The van der Waals surface area contributed by atoms with Crippen LogP contribution in [0.4, 0.5) is 0 Å². The topological polar surface area (TPSA) is 30.7 Å². The molecule has 1 rings (SSSR count). The summed E-state index contributed by atoms with van der Waals surface area (Å²) in [5, 5.41) is 8.62. The summed E-state index contributed by atoms with van der Waals surface area (Å²) in [6.45, 7) is 3.02. The van der Waals surface area contributed by atoms with E-state index in [-0.39, 0.29) is 0 Å². The maximum Gasteiger partial charge on any atom is 0.190 e. The molecule has 50 valence electrons. The van der Waals surface area contributed by atoms with Gasteiger partial charge in [0.25, 0.3) is 0 Å². The molecule has 0 fully saturated rings. The second kappa shape index (κ2) is 2.87. The Kier molecular flexibility index (Phi) is 2.10. The van der Waals surface area contributed by atoms with Crippen LogP contribution in [-0.4, -0.2) is 21.0 Å². The van der Waals surface area contributed by atoms with Crippen LogP contribution in [0.5, 0.6) is 0 Å². The highest BCUT2D eigenvalue weighted by Gasteiger charge is 1.96. The Hall–Kier alpha value is -0.510. The van der Waals surface area contributed by atoms with E-state index in [1.165, 1.54) is 0 Å². The smallest absolute Gasteiger partial charge is 0.190 e. The first-order valence-corrected chi connectivity index (χ1v) is 4.02. The van der Waals surface area contributed by atoms with Crippen molar-refractivity contribution in [2.75, 3.05) is 6.26 Å². The zero-order chi connectivity index (χ0) is 6.69. The lowest BCUT2D eigenvalue weighted by Crippen LogP contribution is -1.92. The van der Waals surface area contributed by atoms with E-state index in [0.29, 0.717) is 0 Å². The van der Waals surface area contributed by atoms with Gasteiger partial charge in [-0.15, -0.1) is 10.2 Å². The molecule has 0 aliphatic rings. The van der Waals surface area contributed by atoms with Gasteiger partial charge in [0.05, 0.1) is 0 Å². The van der Waals surface area contributed by atoms with E-state index >= 15 is 0 Å². The van der Waals surface area contributed by atoms with Gasteiger partial charge in [0.2, 0.25) is 0 Å². The number of hydrogen-bond donors (Lipinski definition) is 0. The first-order chi connectivity index (χ1) is 4.38. The van der Waals surface area contributed by atoms with Crippen molar-refractivity contribution >= 4 is 11.8 Å². The van der Waals surface area contributed by atoms with Crippen molar-refractivity contribution in [2.45, 2.75) is 18.6 Å². The van der Waals surface area contributed by atoms with E-state index in [0.717, 1.165) is 11.7 Å². The lowest BCUT2D eigenvalue weighted by molar-refractivity contribution is 0.682. The Bertz CT molecular complexity index is 166. The Morgan fingerprint density at radius 3 is 3.00 bits per heavy atom. The van der Waals surface area contributed by atoms with Gasteiger partial charge in [-0.2, -0.15) is 0 Å². The summed E-state index contributed by atoms with van der Waals surface area (Å²) in [4.78, 5) is 0. The standard InChI is InChI=1S/C5H9N3S/c1-3-8-4-6-7-5(8)9-2/h4H,3H2,1-2H3. The van der Waals surface area contributed by atoms with Crippen LogP contribution in [-0.2, 0) is 6.54 Å². The van der Waals surface area contributed by atoms with Crippen molar-refractivity contribution in [3.8, 4) is 0 Å². The molecular formula is C5H9N3S. The molecule has 1 heterocycles. The van der Waals surface area contributed by atoms with E-state index in [2.05, 4.69) is 17.1 Å². The van der Waals surface area contributed by atoms with Crippen LogP contribution >= 0.6 is 11.8 Å². The van der Waals surface area contributed by atoms with E-state index < -0.39 is 0 Å². The quantitative estimate of drug-likeness (QED) is 0.579. The summed E-state index contributed by atoms with van der Waals surface area (Å²) in [7, 11) is 0. The van der Waals surface area contributed by atoms with Crippen LogP contribution in [0.15, 0.2) is 11.5 Å². The van der Waals surface area contributed by atoms with Crippen LogP contribution in [0.25, 0.3) is 0 Å². The van der Waals surface area contributed by atoms with Crippen LogP contribution in [0.3, 0.4) is 0 Å². The molecule has 0 radical (unpaired) electrons. The molecule has 1 aromatic heterocycles. The summed E-state index contributed by atoms with van der Waals surface area (Å²) in [6, 6.07) is 0. The fourth-order valence-corrected chi connectivity index (χ4v) is 1.16. The summed E-state index contributed by atoms with van der Waals surface area (Å²) in [5.41, 5.74) is 0. The summed E-state index contributed by atoms with van der Waals surface area (Å²) >= 11 is 1.62. The highest BCUT2D eigenvalue weighted by atomic mass is 32.2. The van der Waals surface area contributed by atoms with Gasteiger partial charge in [0.1, 0.15) is 6.33 Å². The number of thioether (sulfide) groups is 1. The monoisotopic (exact) mass is 143 g/mol. The lowest BCUT2D eigenvalue weighted by atomic mass is 10.7. The van der Waals surface area contributed by atoms with Gasteiger partial charge in [-0.1, -0.05) is 11.8 Å². The number of aromatic nitrogens is 3. The van der Waals surface area contributed by atoms with Crippen molar-refractivity contribution in [2.24, 2.45) is 0 Å². The zero-order valence-corrected chi connectivity index (χ0v) is 6.35. The van der Waals surface area contributed by atoms with Gasteiger partial charge in [0, 0.05) is 6.54 Å². The van der Waals surface area contributed by atoms with Crippen LogP contribution in [0.1, 0.15) is 6.92 Å². The van der Waals surface area contributed by atoms with E-state index in [1.807, 2.05) is 10.8 Å². The molecule has 0 spiro atoms. The second-order valence-corrected chi connectivity index (χ2v) is 2.38. The van der Waals surface area contributed by atoms with Crippen LogP contribution in [0.2, 0.25) is 0 Å². The minimum atomic E-state index is 0.948. The van der Waals surface area contributed by atoms with Gasteiger partial charge >= 0.3 is 0 Å². The Balaban J connectivity index is 2.85. The average molecular weight is 143 g/mol. The molecule has 3 nitrogen and oxygen atoms in total. The Morgan fingerprint density at radius 2 is 2.56 bits per heavy atom. The molecule has 0 amide bonds. The Labute approximate surface area is 58.5 Å². The Morgan fingerprint density at radius 1 is 1.78 bits per heavy atom. The summed E-state index contributed by atoms with van der Waals surface area (Å²) in [5.74, 6) is 0. The lowest BCUT2D eigenvalue weighted by Gasteiger charge is -1.96. The largest absolute Gasteiger partial charge is 0.309 e. The maximum absolute atomic E-state index is 3.88. The van der Waals surface area contributed by atoms with Gasteiger partial charge in [-0.05, 0) is 13.2 Å². The van der Waals surface area contributed by atoms with Crippen molar-refractivity contribution in [3.63, 3.8) is 0 Å².